The number of nitro groups is 1. The van der Waals surface area contributed by atoms with Crippen LogP contribution in [0.15, 0.2) is 64.0 Å². The van der Waals surface area contributed by atoms with E-state index in [4.69, 9.17) is 9.15 Å². The molecule has 6 heteroatoms. The highest BCUT2D eigenvalue weighted by molar-refractivity contribution is 5.80. The molecule has 1 aromatic heterocycles. The summed E-state index contributed by atoms with van der Waals surface area (Å²) in [7, 11) is 1.61. The second-order valence-corrected chi connectivity index (χ2v) is 5.41. The zero-order valence-corrected chi connectivity index (χ0v) is 13.8. The quantitative estimate of drug-likeness (QED) is 0.376. The predicted molar refractivity (Wildman–Crippen MR) is 95.8 cm³/mol. The molecule has 126 valence electrons. The van der Waals surface area contributed by atoms with Crippen LogP contribution < -0.4 is 4.74 Å². The number of benzene rings is 2. The van der Waals surface area contributed by atoms with Crippen LogP contribution in [0.25, 0.3) is 11.3 Å². The summed E-state index contributed by atoms with van der Waals surface area (Å²) in [5.41, 5.74) is 2.40. The van der Waals surface area contributed by atoms with E-state index in [0.717, 1.165) is 17.0 Å². The molecule has 0 aliphatic rings. The molecule has 0 fully saturated rings. The van der Waals surface area contributed by atoms with Gasteiger partial charge in [0.05, 0.1) is 23.9 Å². The van der Waals surface area contributed by atoms with Crippen LogP contribution in [0.3, 0.4) is 0 Å². The molecule has 0 saturated heterocycles. The first-order valence-electron chi connectivity index (χ1n) is 7.60. The average molecular weight is 336 g/mol. The smallest absolute Gasteiger partial charge is 0.270 e. The van der Waals surface area contributed by atoms with Crippen molar-refractivity contribution in [3.05, 3.63) is 76.0 Å². The Bertz CT molecular complexity index is 927. The summed E-state index contributed by atoms with van der Waals surface area (Å²) < 4.78 is 10.9. The minimum atomic E-state index is -0.419. The van der Waals surface area contributed by atoms with Crippen LogP contribution in [0.5, 0.6) is 5.75 Å². The first kappa shape index (κ1) is 16.4. The molecule has 2 aromatic carbocycles. The van der Waals surface area contributed by atoms with Crippen molar-refractivity contribution in [3.63, 3.8) is 0 Å². The van der Waals surface area contributed by atoms with Crippen LogP contribution in [-0.2, 0) is 0 Å². The van der Waals surface area contributed by atoms with E-state index in [1.54, 1.807) is 31.5 Å². The molecule has 0 aliphatic carbocycles. The van der Waals surface area contributed by atoms with Crippen molar-refractivity contribution in [2.75, 3.05) is 7.11 Å². The normalized spacial score (nSPS) is 11.0. The summed E-state index contributed by atoms with van der Waals surface area (Å²) in [5, 5.41) is 11.0. The second kappa shape index (κ2) is 7.00. The predicted octanol–water partition coefficient (Wildman–Crippen LogP) is 4.92. The number of aliphatic imine (C=N–C) groups is 1. The highest BCUT2D eigenvalue weighted by Gasteiger charge is 2.12. The lowest BCUT2D eigenvalue weighted by atomic mass is 10.1. The highest BCUT2D eigenvalue weighted by atomic mass is 16.6. The van der Waals surface area contributed by atoms with E-state index < -0.39 is 4.92 Å². The van der Waals surface area contributed by atoms with Crippen molar-refractivity contribution in [2.45, 2.75) is 6.92 Å². The maximum absolute atomic E-state index is 11.0. The topological polar surface area (TPSA) is 77.9 Å². The van der Waals surface area contributed by atoms with E-state index >= 15 is 0 Å². The van der Waals surface area contributed by atoms with Crippen LogP contribution in [0.2, 0.25) is 0 Å². The van der Waals surface area contributed by atoms with Gasteiger partial charge >= 0.3 is 0 Å². The van der Waals surface area contributed by atoms with Crippen molar-refractivity contribution in [2.24, 2.45) is 4.99 Å². The number of furan rings is 1. The number of rotatable bonds is 5. The molecule has 0 unspecified atom stereocenters. The molecule has 3 rings (SSSR count). The van der Waals surface area contributed by atoms with Crippen LogP contribution in [-0.4, -0.2) is 18.2 Å². The number of methoxy groups -OCH3 is 1. The molecular formula is C19H16N2O4. The van der Waals surface area contributed by atoms with E-state index in [-0.39, 0.29) is 5.69 Å². The Morgan fingerprint density at radius 1 is 1.12 bits per heavy atom. The molecule has 0 radical (unpaired) electrons. The number of non-ortho nitro benzene ring substituents is 1. The first-order chi connectivity index (χ1) is 12.1. The van der Waals surface area contributed by atoms with E-state index in [1.807, 2.05) is 31.2 Å². The van der Waals surface area contributed by atoms with Crippen LogP contribution >= 0.6 is 0 Å². The Kier molecular flexibility index (Phi) is 4.61. The largest absolute Gasteiger partial charge is 0.497 e. The monoisotopic (exact) mass is 336 g/mol. The maximum atomic E-state index is 11.0. The van der Waals surface area contributed by atoms with Gasteiger partial charge in [0.2, 0.25) is 0 Å². The number of hydrogen-bond acceptors (Lipinski definition) is 5. The van der Waals surface area contributed by atoms with Crippen molar-refractivity contribution < 1.29 is 14.1 Å². The SMILES string of the molecule is COc1ccc(N=Cc2ccc(-c3cc([N+](=O)[O-])ccc3C)o2)cc1. The molecule has 0 N–H and O–H groups in total. The van der Waals surface area contributed by atoms with Gasteiger partial charge in [-0.25, -0.2) is 0 Å². The molecule has 0 atom stereocenters. The fourth-order valence-electron chi connectivity index (χ4n) is 2.36. The Labute approximate surface area is 144 Å². The number of hydrogen-bond donors (Lipinski definition) is 0. The van der Waals surface area contributed by atoms with Gasteiger partial charge in [0.15, 0.2) is 0 Å². The Morgan fingerprint density at radius 3 is 2.56 bits per heavy atom. The van der Waals surface area contributed by atoms with Crippen LogP contribution in [0.4, 0.5) is 11.4 Å². The maximum Gasteiger partial charge on any atom is 0.270 e. The Morgan fingerprint density at radius 2 is 1.88 bits per heavy atom. The van der Waals surface area contributed by atoms with Gasteiger partial charge in [0, 0.05) is 17.7 Å². The van der Waals surface area contributed by atoms with Crippen molar-refractivity contribution in [1.82, 2.24) is 0 Å². The summed E-state index contributed by atoms with van der Waals surface area (Å²) in [5.74, 6) is 1.90. The second-order valence-electron chi connectivity index (χ2n) is 5.41. The summed E-state index contributed by atoms with van der Waals surface area (Å²) >= 11 is 0. The summed E-state index contributed by atoms with van der Waals surface area (Å²) in [6.07, 6.45) is 1.61. The van der Waals surface area contributed by atoms with E-state index in [2.05, 4.69) is 4.99 Å². The zero-order valence-electron chi connectivity index (χ0n) is 13.8. The summed E-state index contributed by atoms with van der Waals surface area (Å²) in [6.45, 7) is 1.88. The van der Waals surface area contributed by atoms with E-state index in [1.165, 1.54) is 12.1 Å². The molecule has 6 nitrogen and oxygen atoms in total. The van der Waals surface area contributed by atoms with Gasteiger partial charge in [-0.2, -0.15) is 0 Å². The average Bonchev–Trinajstić information content (AvgIpc) is 3.09. The lowest BCUT2D eigenvalue weighted by Gasteiger charge is -2.02. The van der Waals surface area contributed by atoms with Crippen molar-refractivity contribution >= 4 is 17.6 Å². The van der Waals surface area contributed by atoms with Crippen LogP contribution in [0.1, 0.15) is 11.3 Å². The number of aryl methyl sites for hydroxylation is 1. The lowest BCUT2D eigenvalue weighted by Crippen LogP contribution is -1.90. The van der Waals surface area contributed by atoms with E-state index in [9.17, 15) is 10.1 Å². The molecule has 0 spiro atoms. The van der Waals surface area contributed by atoms with Gasteiger partial charge in [0.1, 0.15) is 17.3 Å². The third kappa shape index (κ3) is 3.74. The molecule has 3 aromatic rings. The molecule has 1 heterocycles. The highest BCUT2D eigenvalue weighted by Crippen LogP contribution is 2.29. The Hall–Kier alpha value is -3.41. The molecule has 25 heavy (non-hydrogen) atoms. The fourth-order valence-corrected chi connectivity index (χ4v) is 2.36. The zero-order chi connectivity index (χ0) is 17.8. The Balaban J connectivity index is 1.83. The lowest BCUT2D eigenvalue weighted by molar-refractivity contribution is -0.384. The molecule has 0 saturated carbocycles. The molecule has 0 aliphatic heterocycles. The minimum Gasteiger partial charge on any atom is -0.497 e. The van der Waals surface area contributed by atoms with Gasteiger partial charge in [-0.1, -0.05) is 6.07 Å². The summed E-state index contributed by atoms with van der Waals surface area (Å²) in [4.78, 5) is 14.9. The van der Waals surface area contributed by atoms with Gasteiger partial charge < -0.3 is 9.15 Å². The third-order valence-corrected chi connectivity index (χ3v) is 3.74. The number of ether oxygens (including phenoxy) is 1. The number of nitrogens with zero attached hydrogens (tertiary/aromatic N) is 2. The third-order valence-electron chi connectivity index (χ3n) is 3.74. The van der Waals surface area contributed by atoms with Crippen molar-refractivity contribution in [1.29, 1.82) is 0 Å². The van der Waals surface area contributed by atoms with Gasteiger partial charge in [-0.15, -0.1) is 0 Å². The van der Waals surface area contributed by atoms with Gasteiger partial charge in [-0.05, 0) is 48.9 Å². The molecule has 0 bridgehead atoms. The standard InChI is InChI=1S/C19H16N2O4/c1-13-3-6-15(21(22)23)11-18(13)19-10-9-17(25-19)12-20-14-4-7-16(24-2)8-5-14/h3-12H,1-2H3. The molecular weight excluding hydrogens is 320 g/mol. The van der Waals surface area contributed by atoms with E-state index in [0.29, 0.717) is 17.1 Å². The summed E-state index contributed by atoms with van der Waals surface area (Å²) in [6, 6.07) is 15.6. The minimum absolute atomic E-state index is 0.0328. The van der Waals surface area contributed by atoms with Crippen molar-refractivity contribution in [3.8, 4) is 17.1 Å². The van der Waals surface area contributed by atoms with Gasteiger partial charge in [-0.3, -0.25) is 15.1 Å². The van der Waals surface area contributed by atoms with Gasteiger partial charge in [0.25, 0.3) is 5.69 Å². The first-order valence-corrected chi connectivity index (χ1v) is 7.60. The fraction of sp³-hybridized carbons (Fsp3) is 0.105. The number of nitro benzene ring substituents is 1. The van der Waals surface area contributed by atoms with Crippen LogP contribution in [0, 0.1) is 17.0 Å². The molecule has 0 amide bonds.